The third kappa shape index (κ3) is 3.52. The first-order chi connectivity index (χ1) is 10.6. The van der Waals surface area contributed by atoms with E-state index in [9.17, 15) is 9.90 Å². The van der Waals surface area contributed by atoms with E-state index in [1.54, 1.807) is 18.2 Å². The van der Waals surface area contributed by atoms with Crippen LogP contribution in [0, 0.1) is 0 Å². The number of ether oxygens (including phenoxy) is 1. The Morgan fingerprint density at radius 1 is 1.27 bits per heavy atom. The van der Waals surface area contributed by atoms with Gasteiger partial charge in [0.25, 0.3) is 5.91 Å². The van der Waals surface area contributed by atoms with Crippen LogP contribution in [0.5, 0.6) is 11.5 Å². The van der Waals surface area contributed by atoms with Crippen LogP contribution < -0.4 is 10.1 Å². The molecule has 0 unspecified atom stereocenters. The average molecular weight is 318 g/mol. The number of phenolic OH excluding ortho intramolecular Hbond substituents is 1. The molecular weight excluding hydrogens is 302 g/mol. The van der Waals surface area contributed by atoms with Crippen molar-refractivity contribution < 1.29 is 14.6 Å². The van der Waals surface area contributed by atoms with Crippen LogP contribution in [0.3, 0.4) is 0 Å². The molecule has 1 aliphatic rings. The van der Waals surface area contributed by atoms with Crippen molar-refractivity contribution in [3.05, 3.63) is 59.1 Å². The fourth-order valence-electron chi connectivity index (χ4n) is 2.43. The minimum absolute atomic E-state index is 0.0264. The van der Waals surface area contributed by atoms with Gasteiger partial charge in [0.15, 0.2) is 18.1 Å². The zero-order valence-corrected chi connectivity index (χ0v) is 12.6. The summed E-state index contributed by atoms with van der Waals surface area (Å²) in [5.74, 6) is 0.448. The van der Waals surface area contributed by atoms with E-state index in [0.717, 1.165) is 12.0 Å². The maximum atomic E-state index is 11.9. The van der Waals surface area contributed by atoms with Crippen molar-refractivity contribution in [3.8, 4) is 11.5 Å². The maximum absolute atomic E-state index is 11.9. The maximum Gasteiger partial charge on any atom is 0.258 e. The van der Waals surface area contributed by atoms with E-state index in [-0.39, 0.29) is 24.3 Å². The number of hydrogen-bond donors (Lipinski definition) is 2. The third-order valence-electron chi connectivity index (χ3n) is 3.64. The molecule has 0 aliphatic heterocycles. The first kappa shape index (κ1) is 14.7. The number of hydrogen-bond acceptors (Lipinski definition) is 3. The summed E-state index contributed by atoms with van der Waals surface area (Å²) < 4.78 is 5.30. The zero-order valence-electron chi connectivity index (χ0n) is 11.8. The summed E-state index contributed by atoms with van der Waals surface area (Å²) in [6.07, 6.45) is 0.905. The summed E-state index contributed by atoms with van der Waals surface area (Å²) in [6.45, 7) is -0.115. The predicted octanol–water partition coefficient (Wildman–Crippen LogP) is 3.10. The van der Waals surface area contributed by atoms with Crippen LogP contribution >= 0.6 is 11.6 Å². The number of carbonyl (C=O) groups excluding carboxylic acids is 1. The van der Waals surface area contributed by atoms with Crippen LogP contribution in [0.4, 0.5) is 0 Å². The highest BCUT2D eigenvalue weighted by Gasteiger charge is 2.39. The van der Waals surface area contributed by atoms with E-state index in [0.29, 0.717) is 16.7 Å². The summed E-state index contributed by atoms with van der Waals surface area (Å²) in [7, 11) is 0. The quantitative estimate of drug-likeness (QED) is 0.891. The van der Waals surface area contributed by atoms with E-state index in [1.165, 1.54) is 6.07 Å². The van der Waals surface area contributed by atoms with E-state index >= 15 is 0 Å². The summed E-state index contributed by atoms with van der Waals surface area (Å²) in [4.78, 5) is 11.9. The molecule has 0 saturated heterocycles. The van der Waals surface area contributed by atoms with Crippen molar-refractivity contribution in [3.63, 3.8) is 0 Å². The Morgan fingerprint density at radius 3 is 2.86 bits per heavy atom. The second-order valence-electron chi connectivity index (χ2n) is 5.33. The Balaban J connectivity index is 1.49. The molecule has 0 spiro atoms. The van der Waals surface area contributed by atoms with Crippen molar-refractivity contribution in [2.45, 2.75) is 18.4 Å². The lowest BCUT2D eigenvalue weighted by molar-refractivity contribution is -0.123. The van der Waals surface area contributed by atoms with Crippen LogP contribution in [0.25, 0.3) is 0 Å². The molecular formula is C17H16ClNO3. The van der Waals surface area contributed by atoms with Gasteiger partial charge in [-0.1, -0.05) is 35.9 Å². The molecule has 4 nitrogen and oxygen atoms in total. The highest BCUT2D eigenvalue weighted by atomic mass is 35.5. The van der Waals surface area contributed by atoms with Crippen molar-refractivity contribution in [2.24, 2.45) is 0 Å². The summed E-state index contributed by atoms with van der Waals surface area (Å²) in [6, 6.07) is 14.4. The smallest absolute Gasteiger partial charge is 0.258 e. The first-order valence-corrected chi connectivity index (χ1v) is 7.47. The Bertz CT molecular complexity index is 689. The Morgan fingerprint density at radius 2 is 2.09 bits per heavy atom. The van der Waals surface area contributed by atoms with Gasteiger partial charge in [0.2, 0.25) is 0 Å². The van der Waals surface area contributed by atoms with Crippen molar-refractivity contribution in [1.29, 1.82) is 0 Å². The summed E-state index contributed by atoms with van der Waals surface area (Å²) in [5, 5.41) is 13.2. The molecule has 1 aliphatic carbocycles. The number of nitrogens with one attached hydrogen (secondary N) is 1. The Hall–Kier alpha value is -2.20. The van der Waals surface area contributed by atoms with Crippen LogP contribution in [-0.4, -0.2) is 23.7 Å². The molecule has 3 rings (SSSR count). The van der Waals surface area contributed by atoms with Crippen molar-refractivity contribution in [1.82, 2.24) is 5.32 Å². The monoisotopic (exact) mass is 317 g/mol. The molecule has 1 amide bonds. The SMILES string of the molecule is O=C(COc1ccccc1O)N[C@@H]1C[C@H]1c1cccc(Cl)c1. The van der Waals surface area contributed by atoms with Gasteiger partial charge in [-0.05, 0) is 36.2 Å². The molecule has 22 heavy (non-hydrogen) atoms. The normalized spacial score (nSPS) is 19.5. The van der Waals surface area contributed by atoms with E-state index < -0.39 is 0 Å². The molecule has 1 saturated carbocycles. The van der Waals surface area contributed by atoms with Crippen LogP contribution in [-0.2, 0) is 4.79 Å². The van der Waals surface area contributed by atoms with Gasteiger partial charge >= 0.3 is 0 Å². The zero-order chi connectivity index (χ0) is 15.5. The number of carbonyl (C=O) groups is 1. The topological polar surface area (TPSA) is 58.6 Å². The number of benzene rings is 2. The molecule has 1 fully saturated rings. The minimum atomic E-state index is -0.196. The van der Waals surface area contributed by atoms with Gasteiger partial charge in [-0.2, -0.15) is 0 Å². The molecule has 114 valence electrons. The second kappa shape index (κ2) is 6.28. The van der Waals surface area contributed by atoms with Gasteiger partial charge in [-0.15, -0.1) is 0 Å². The molecule has 2 aromatic carbocycles. The lowest BCUT2D eigenvalue weighted by Gasteiger charge is -2.08. The first-order valence-electron chi connectivity index (χ1n) is 7.09. The number of amides is 1. The standard InChI is InChI=1S/C17H16ClNO3/c18-12-5-3-4-11(8-12)13-9-14(13)19-17(21)10-22-16-7-2-1-6-15(16)20/h1-8,13-14,20H,9-10H2,(H,19,21)/t13-,14+/m0/s1. The number of para-hydroxylation sites is 2. The third-order valence-corrected chi connectivity index (χ3v) is 3.87. The van der Waals surface area contributed by atoms with E-state index in [1.807, 2.05) is 24.3 Å². The average Bonchev–Trinajstić information content (AvgIpc) is 3.25. The molecule has 5 heteroatoms. The molecule has 0 radical (unpaired) electrons. The van der Waals surface area contributed by atoms with E-state index in [2.05, 4.69) is 5.32 Å². The molecule has 0 heterocycles. The fraction of sp³-hybridized carbons (Fsp3) is 0.235. The van der Waals surface area contributed by atoms with Crippen LogP contribution in [0.1, 0.15) is 17.9 Å². The van der Waals surface area contributed by atoms with Crippen molar-refractivity contribution >= 4 is 17.5 Å². The van der Waals surface area contributed by atoms with Gasteiger partial charge < -0.3 is 15.2 Å². The molecule has 2 N–H and O–H groups in total. The molecule has 2 atom stereocenters. The summed E-state index contributed by atoms with van der Waals surface area (Å²) >= 11 is 5.97. The van der Waals surface area contributed by atoms with Gasteiger partial charge in [-0.3, -0.25) is 4.79 Å². The van der Waals surface area contributed by atoms with Gasteiger partial charge in [0, 0.05) is 17.0 Å². The van der Waals surface area contributed by atoms with Crippen molar-refractivity contribution in [2.75, 3.05) is 6.61 Å². The predicted molar refractivity (Wildman–Crippen MR) is 84.3 cm³/mol. The Labute approximate surface area is 133 Å². The fourth-order valence-corrected chi connectivity index (χ4v) is 2.63. The second-order valence-corrected chi connectivity index (χ2v) is 5.76. The largest absolute Gasteiger partial charge is 0.504 e. The molecule has 2 aromatic rings. The number of phenols is 1. The number of halogens is 1. The minimum Gasteiger partial charge on any atom is -0.504 e. The lowest BCUT2D eigenvalue weighted by Crippen LogP contribution is -2.31. The molecule has 0 bridgehead atoms. The number of aromatic hydroxyl groups is 1. The molecule has 0 aromatic heterocycles. The Kier molecular flexibility index (Phi) is 4.20. The van der Waals surface area contributed by atoms with Crippen LogP contribution in [0.15, 0.2) is 48.5 Å². The highest BCUT2D eigenvalue weighted by Crippen LogP contribution is 2.41. The summed E-state index contributed by atoms with van der Waals surface area (Å²) in [5.41, 5.74) is 1.14. The van der Waals surface area contributed by atoms with Gasteiger partial charge in [-0.25, -0.2) is 0 Å². The highest BCUT2D eigenvalue weighted by molar-refractivity contribution is 6.30. The van der Waals surface area contributed by atoms with Crippen LogP contribution in [0.2, 0.25) is 5.02 Å². The van der Waals surface area contributed by atoms with E-state index in [4.69, 9.17) is 16.3 Å². The van der Waals surface area contributed by atoms with Gasteiger partial charge in [0.1, 0.15) is 0 Å². The lowest BCUT2D eigenvalue weighted by atomic mass is 10.1. The number of rotatable bonds is 5. The van der Waals surface area contributed by atoms with Gasteiger partial charge in [0.05, 0.1) is 0 Å².